The monoisotopic (exact) mass is 1340 g/mol. The molecule has 101 heavy (non-hydrogen) atoms. The van der Waals surface area contributed by atoms with Crippen LogP contribution in [0, 0.1) is 12.3 Å². The Morgan fingerprint density at radius 1 is 0.485 bits per heavy atom. The molecule has 0 amide bonds. The lowest BCUT2D eigenvalue weighted by atomic mass is 9.62. The molecular weight excluding hydrogens is 1260 g/mol. The zero-order chi connectivity index (χ0) is 69.8. The van der Waals surface area contributed by atoms with Crippen molar-refractivity contribution in [2.45, 2.75) is 99.9 Å². The van der Waals surface area contributed by atoms with Gasteiger partial charge in [0.15, 0.2) is 11.6 Å². The Kier molecular flexibility index (Phi) is 16.0. The molecule has 19 rings (SSSR count). The third kappa shape index (κ3) is 11.2. The Morgan fingerprint density at radius 3 is 1.42 bits per heavy atom. The number of pyridine rings is 4. The highest BCUT2D eigenvalue weighted by molar-refractivity contribution is 6.77. The van der Waals surface area contributed by atoms with E-state index in [4.69, 9.17) is 22.7 Å². The van der Waals surface area contributed by atoms with Crippen LogP contribution < -0.4 is 71.4 Å². The number of hydrogen-bond acceptors (Lipinski definition) is 17. The molecule has 21 nitrogen and oxygen atoms in total. The van der Waals surface area contributed by atoms with Gasteiger partial charge in [-0.3, -0.25) is 5.01 Å². The lowest BCUT2D eigenvalue weighted by molar-refractivity contribution is -0.750. The van der Waals surface area contributed by atoms with Crippen LogP contribution in [0.25, 0.3) is 98.8 Å². The molecule has 1 fully saturated rings. The summed E-state index contributed by atoms with van der Waals surface area (Å²) in [6.45, 7) is 25.5. The third-order valence-corrected chi connectivity index (χ3v) is 20.6. The number of aromatic nitrogens is 10. The SMILES string of the molecule is CB1C=c2oc3ncccc3c2=CN1N1C(C)C(C)(C)CC1(C)C.CB1C=c2oc3ncccc3c2=CN1N1c2nccnc2N(c2ccccc2)[C@@H]1C.CB1C=c2oc3ncccc3c2=CN1c1cn(-c2ccccc2)c(C)[n+]1C.CB1C=c2oc3ncccc3c2=CN1n1ccc[n+]1C. The molecule has 13 aromatic rings. The maximum absolute atomic E-state index is 5.98. The summed E-state index contributed by atoms with van der Waals surface area (Å²) in [4.78, 5) is 40.1. The fourth-order valence-electron chi connectivity index (χ4n) is 15.6. The predicted octanol–water partition coefficient (Wildman–Crippen LogP) is 6.90. The molecule has 2 aromatic carbocycles. The lowest BCUT2D eigenvalue weighted by Gasteiger charge is -2.46. The molecular formula is C76H79B4N17O4+2. The minimum Gasteiger partial charge on any atom is -0.439 e. The molecule has 0 saturated carbocycles. The van der Waals surface area contributed by atoms with Gasteiger partial charge in [0.05, 0.1) is 40.7 Å². The van der Waals surface area contributed by atoms with Gasteiger partial charge in [-0.1, -0.05) is 68.7 Å². The zero-order valence-electron chi connectivity index (χ0n) is 59.2. The molecule has 1 unspecified atom stereocenters. The second kappa shape index (κ2) is 25.1. The van der Waals surface area contributed by atoms with Gasteiger partial charge in [-0.15, -0.1) is 0 Å². The van der Waals surface area contributed by atoms with Crippen LogP contribution in [-0.2, 0) is 14.1 Å². The molecule has 0 N–H and O–H groups in total. The zero-order valence-corrected chi connectivity index (χ0v) is 59.2. The van der Waals surface area contributed by atoms with Crippen molar-refractivity contribution in [2.24, 2.45) is 19.5 Å². The van der Waals surface area contributed by atoms with Crippen molar-refractivity contribution in [3.05, 3.63) is 219 Å². The van der Waals surface area contributed by atoms with Gasteiger partial charge in [0, 0.05) is 101 Å². The number of hydrazine groups is 2. The van der Waals surface area contributed by atoms with E-state index in [9.17, 15) is 0 Å². The molecule has 2 atom stereocenters. The maximum atomic E-state index is 5.98. The van der Waals surface area contributed by atoms with Crippen LogP contribution in [-0.4, -0.2) is 99.2 Å². The number of imidazole rings is 1. The van der Waals surface area contributed by atoms with Gasteiger partial charge >= 0.3 is 20.5 Å². The summed E-state index contributed by atoms with van der Waals surface area (Å²) in [5.74, 6) is 12.6. The number of nitrogens with zero attached hydrogens (tertiary/aromatic N) is 17. The van der Waals surface area contributed by atoms with Gasteiger partial charge < -0.3 is 37.2 Å². The van der Waals surface area contributed by atoms with E-state index in [1.807, 2.05) is 90.9 Å². The van der Waals surface area contributed by atoms with E-state index in [0.717, 1.165) is 98.6 Å². The van der Waals surface area contributed by atoms with Crippen LogP contribution >= 0.6 is 0 Å². The average Bonchev–Trinajstić information content (AvgIpc) is 1.60. The van der Waals surface area contributed by atoms with Crippen molar-refractivity contribution in [1.29, 1.82) is 0 Å². The molecule has 1 saturated heterocycles. The Bertz CT molecular complexity index is 5900. The third-order valence-electron chi connectivity index (χ3n) is 20.6. The predicted molar refractivity (Wildman–Crippen MR) is 403 cm³/mol. The minimum atomic E-state index is -0.00487. The highest BCUT2D eigenvalue weighted by atomic mass is 16.3. The number of aryl methyl sites for hydroxylation is 1. The molecule has 6 aliphatic heterocycles. The second-order valence-corrected chi connectivity index (χ2v) is 28.2. The van der Waals surface area contributed by atoms with E-state index < -0.39 is 0 Å². The van der Waals surface area contributed by atoms with E-state index in [2.05, 4.69) is 260 Å². The molecule has 17 heterocycles. The number of hydrogen-bond donors (Lipinski definition) is 0. The molecule has 0 bridgehead atoms. The van der Waals surface area contributed by atoms with Crippen molar-refractivity contribution in [2.75, 3.05) is 19.6 Å². The van der Waals surface area contributed by atoms with Crippen LogP contribution in [0.3, 0.4) is 0 Å². The molecule has 0 aliphatic carbocycles. The Morgan fingerprint density at radius 2 is 0.931 bits per heavy atom. The van der Waals surface area contributed by atoms with Crippen LogP contribution in [0.2, 0.25) is 27.3 Å². The summed E-state index contributed by atoms with van der Waals surface area (Å²) in [5.41, 5.74) is 9.01. The summed E-state index contributed by atoms with van der Waals surface area (Å²) >= 11 is 0. The first kappa shape index (κ1) is 64.4. The van der Waals surface area contributed by atoms with Gasteiger partial charge in [-0.05, 0) is 150 Å². The standard InChI is InChI=1S/C22H19BN6O.C21H20BN4O.C19H26BN3O.C14H14BN4O/c1-15-28(16-7-4-3-5-8-16)20-21(25-12-11-24-20)29(15)27-14-18-17-9-6-10-26-22(17)30-19(18)13-23(27)2;1-15-24(3)20(14-25(15)16-8-5-4-6-9-16)26-13-18-17-10-7-11-23-21(17)27-19(18)12-22(26)2;1-13-18(2,3)12-19(4,5)23(13)22-11-15-14-8-7-9-21-17(14)24-16(15)10-20(22)6;1-15-9-13-12(11-5-3-6-16-14(11)20-13)10-18(15)19-8-4-7-17(19)2/h3-15H,1-2H3;4-14H,1-3H3;7-11,13H,12H2,1-6H3;3-10H,1-2H3/q;+1;;+1/t15-;;;/m0.../s1. The summed E-state index contributed by atoms with van der Waals surface area (Å²) < 4.78 is 30.2. The van der Waals surface area contributed by atoms with Gasteiger partial charge in [-0.25, -0.2) is 49.0 Å². The van der Waals surface area contributed by atoms with Gasteiger partial charge in [0.25, 0.3) is 6.85 Å². The van der Waals surface area contributed by atoms with Crippen molar-refractivity contribution < 1.29 is 26.9 Å². The van der Waals surface area contributed by atoms with E-state index in [1.165, 1.54) is 12.2 Å². The largest absolute Gasteiger partial charge is 0.439 e. The topological polar surface area (TPSA) is 170 Å². The van der Waals surface area contributed by atoms with Gasteiger partial charge in [0.1, 0.15) is 59.2 Å². The average molecular weight is 1340 g/mol. The molecule has 0 spiro atoms. The first-order chi connectivity index (χ1) is 48.8. The first-order valence-corrected chi connectivity index (χ1v) is 34.6. The quantitative estimate of drug-likeness (QED) is 0.124. The Labute approximate surface area is 585 Å². The number of benzene rings is 2. The van der Waals surface area contributed by atoms with Crippen molar-refractivity contribution in [1.82, 2.24) is 54.1 Å². The minimum absolute atomic E-state index is 0.00487. The number of anilines is 4. The summed E-state index contributed by atoms with van der Waals surface area (Å²) in [5, 5.41) is 13.3. The maximum Gasteiger partial charge on any atom is 0.428 e. The van der Waals surface area contributed by atoms with E-state index in [1.54, 1.807) is 37.2 Å². The summed E-state index contributed by atoms with van der Waals surface area (Å²) in [6, 6.07) is 39.2. The lowest BCUT2D eigenvalue weighted by Crippen LogP contribution is -2.58. The number of fused-ring (bicyclic) bond motifs is 13. The molecule has 11 aromatic heterocycles. The van der Waals surface area contributed by atoms with Crippen molar-refractivity contribution in [3.63, 3.8) is 0 Å². The van der Waals surface area contributed by atoms with Crippen molar-refractivity contribution >= 4 is 144 Å². The number of rotatable bonds is 6. The number of para-hydroxylation sites is 2. The van der Waals surface area contributed by atoms with Gasteiger partial charge in [-0.2, -0.15) is 4.68 Å². The molecule has 0 radical (unpaired) electrons. The van der Waals surface area contributed by atoms with E-state index in [-0.39, 0.29) is 44.5 Å². The van der Waals surface area contributed by atoms with Crippen LogP contribution in [0.15, 0.2) is 189 Å². The normalized spacial score (nSPS) is 17.7. The van der Waals surface area contributed by atoms with E-state index >= 15 is 0 Å². The highest BCUT2D eigenvalue weighted by Gasteiger charge is 2.52. The summed E-state index contributed by atoms with van der Waals surface area (Å²) in [7, 11) is 4.13. The van der Waals surface area contributed by atoms with Crippen molar-refractivity contribution in [3.8, 4) is 5.69 Å². The number of furan rings is 4. The fraction of sp³-hybridized carbons (Fsp3) is 0.237. The van der Waals surface area contributed by atoms with Crippen LogP contribution in [0.1, 0.15) is 53.8 Å². The highest BCUT2D eigenvalue weighted by Crippen LogP contribution is 2.47. The Balaban J connectivity index is 0.000000106. The second-order valence-electron chi connectivity index (χ2n) is 28.2. The smallest absolute Gasteiger partial charge is 0.428 e. The van der Waals surface area contributed by atoms with Crippen LogP contribution in [0.5, 0.6) is 0 Å². The fourth-order valence-corrected chi connectivity index (χ4v) is 15.6. The van der Waals surface area contributed by atoms with Crippen LogP contribution in [0.4, 0.5) is 23.1 Å². The summed E-state index contributed by atoms with van der Waals surface area (Å²) in [6.07, 6.45) is 26.7. The molecule has 25 heteroatoms. The Hall–Kier alpha value is -11.3. The van der Waals surface area contributed by atoms with E-state index in [0.29, 0.717) is 23.2 Å². The van der Waals surface area contributed by atoms with Gasteiger partial charge in [0.2, 0.25) is 34.5 Å². The first-order valence-electron chi connectivity index (χ1n) is 34.6. The molecule has 6 aliphatic rings. The molecule has 502 valence electrons.